The molecule has 96 valence electrons. The summed E-state index contributed by atoms with van der Waals surface area (Å²) >= 11 is 0. The van der Waals surface area contributed by atoms with Crippen LogP contribution < -0.4 is 5.73 Å². The fourth-order valence-electron chi connectivity index (χ4n) is 2.01. The number of hydrogen-bond donors (Lipinski definition) is 1. The molecule has 1 aromatic carbocycles. The Morgan fingerprint density at radius 2 is 2.05 bits per heavy atom. The smallest absolute Gasteiger partial charge is 0.246 e. The van der Waals surface area contributed by atoms with Gasteiger partial charge in [0.2, 0.25) is 5.89 Å². The van der Waals surface area contributed by atoms with Crippen LogP contribution in [-0.2, 0) is 0 Å². The Kier molecular flexibility index (Phi) is 2.71. The first-order valence-electron chi connectivity index (χ1n) is 6.26. The molecule has 0 bridgehead atoms. The van der Waals surface area contributed by atoms with E-state index in [0.29, 0.717) is 28.8 Å². The summed E-state index contributed by atoms with van der Waals surface area (Å²) in [6.45, 7) is 4.25. The molecule has 0 spiro atoms. The normalized spacial score (nSPS) is 11.3. The number of rotatable bonds is 2. The predicted molar refractivity (Wildman–Crippen MR) is 75.7 cm³/mol. The summed E-state index contributed by atoms with van der Waals surface area (Å²) in [7, 11) is 0. The van der Waals surface area contributed by atoms with Crippen molar-refractivity contribution >= 4 is 16.8 Å². The van der Waals surface area contributed by atoms with Gasteiger partial charge in [0.15, 0.2) is 5.58 Å². The molecule has 0 saturated heterocycles. The summed E-state index contributed by atoms with van der Waals surface area (Å²) in [4.78, 5) is 8.71. The molecule has 19 heavy (non-hydrogen) atoms. The molecule has 0 aliphatic carbocycles. The second-order valence-corrected chi connectivity index (χ2v) is 4.85. The maximum Gasteiger partial charge on any atom is 0.246 e. The summed E-state index contributed by atoms with van der Waals surface area (Å²) in [5.74, 6) is 0.907. The lowest BCUT2D eigenvalue weighted by molar-refractivity contribution is 0.618. The van der Waals surface area contributed by atoms with E-state index in [-0.39, 0.29) is 0 Å². The van der Waals surface area contributed by atoms with Gasteiger partial charge in [-0.15, -0.1) is 0 Å². The lowest BCUT2D eigenvalue weighted by atomic mass is 10.0. The number of hydrogen-bond acceptors (Lipinski definition) is 4. The van der Waals surface area contributed by atoms with E-state index in [2.05, 4.69) is 23.8 Å². The van der Waals surface area contributed by atoms with Crippen molar-refractivity contribution in [1.29, 1.82) is 0 Å². The van der Waals surface area contributed by atoms with Crippen molar-refractivity contribution in [3.8, 4) is 11.6 Å². The van der Waals surface area contributed by atoms with E-state index >= 15 is 0 Å². The van der Waals surface area contributed by atoms with E-state index in [1.54, 1.807) is 6.20 Å². The number of aromatic nitrogens is 2. The first kappa shape index (κ1) is 11.7. The first-order chi connectivity index (χ1) is 9.15. The maximum atomic E-state index is 6.03. The van der Waals surface area contributed by atoms with Gasteiger partial charge in [0, 0.05) is 6.20 Å². The standard InChI is InChI=1S/C15H15N3O/c1-9(2)10-7-11(16)14-13(8-10)18-15(19-14)12-5-3-4-6-17-12/h3-9H,16H2,1-2H3. The third kappa shape index (κ3) is 2.05. The lowest BCUT2D eigenvalue weighted by Crippen LogP contribution is -1.92. The molecular formula is C15H15N3O. The second-order valence-electron chi connectivity index (χ2n) is 4.85. The highest BCUT2D eigenvalue weighted by molar-refractivity contribution is 5.87. The highest BCUT2D eigenvalue weighted by atomic mass is 16.3. The number of fused-ring (bicyclic) bond motifs is 1. The molecule has 0 aliphatic heterocycles. The van der Waals surface area contributed by atoms with E-state index in [0.717, 1.165) is 11.1 Å². The number of anilines is 1. The number of nitrogen functional groups attached to an aromatic ring is 1. The number of benzene rings is 1. The van der Waals surface area contributed by atoms with Crippen LogP contribution in [0.1, 0.15) is 25.3 Å². The molecule has 0 amide bonds. The van der Waals surface area contributed by atoms with Crippen molar-refractivity contribution < 1.29 is 4.42 Å². The highest BCUT2D eigenvalue weighted by Gasteiger charge is 2.13. The molecule has 2 heterocycles. The Morgan fingerprint density at radius 1 is 1.21 bits per heavy atom. The Labute approximate surface area is 111 Å². The zero-order valence-corrected chi connectivity index (χ0v) is 10.9. The molecule has 0 radical (unpaired) electrons. The van der Waals surface area contributed by atoms with Crippen LogP contribution in [0.25, 0.3) is 22.7 Å². The van der Waals surface area contributed by atoms with Crippen LogP contribution in [0, 0.1) is 0 Å². The molecule has 0 atom stereocenters. The molecular weight excluding hydrogens is 238 g/mol. The molecule has 2 aromatic heterocycles. The van der Waals surface area contributed by atoms with E-state index < -0.39 is 0 Å². The molecule has 3 rings (SSSR count). The average molecular weight is 253 g/mol. The first-order valence-corrected chi connectivity index (χ1v) is 6.26. The van der Waals surface area contributed by atoms with Crippen LogP contribution in [0.15, 0.2) is 40.9 Å². The quantitative estimate of drug-likeness (QED) is 0.709. The van der Waals surface area contributed by atoms with Crippen LogP contribution in [-0.4, -0.2) is 9.97 Å². The van der Waals surface area contributed by atoms with Gasteiger partial charge in [-0.05, 0) is 35.7 Å². The summed E-state index contributed by atoms with van der Waals surface area (Å²) < 4.78 is 5.72. The SMILES string of the molecule is CC(C)c1cc(N)c2oc(-c3ccccn3)nc2c1. The van der Waals surface area contributed by atoms with E-state index in [9.17, 15) is 0 Å². The zero-order chi connectivity index (χ0) is 13.4. The van der Waals surface area contributed by atoms with E-state index in [4.69, 9.17) is 10.2 Å². The molecule has 0 aliphatic rings. The van der Waals surface area contributed by atoms with Crippen LogP contribution in [0.3, 0.4) is 0 Å². The van der Waals surface area contributed by atoms with Gasteiger partial charge in [-0.1, -0.05) is 19.9 Å². The maximum absolute atomic E-state index is 6.03. The fourth-order valence-corrected chi connectivity index (χ4v) is 2.01. The Hall–Kier alpha value is -2.36. The topological polar surface area (TPSA) is 64.9 Å². The van der Waals surface area contributed by atoms with Crippen molar-refractivity contribution in [2.45, 2.75) is 19.8 Å². The van der Waals surface area contributed by atoms with Crippen LogP contribution in [0.5, 0.6) is 0 Å². The largest absolute Gasteiger partial charge is 0.432 e. The van der Waals surface area contributed by atoms with Crippen LogP contribution in [0.4, 0.5) is 5.69 Å². The van der Waals surface area contributed by atoms with Crippen molar-refractivity contribution in [3.05, 3.63) is 42.1 Å². The highest BCUT2D eigenvalue weighted by Crippen LogP contribution is 2.30. The minimum atomic E-state index is 0.404. The van der Waals surface area contributed by atoms with Gasteiger partial charge in [-0.2, -0.15) is 0 Å². The van der Waals surface area contributed by atoms with Crippen molar-refractivity contribution in [2.75, 3.05) is 5.73 Å². The van der Waals surface area contributed by atoms with Crippen molar-refractivity contribution in [2.24, 2.45) is 0 Å². The average Bonchev–Trinajstić information content (AvgIpc) is 2.84. The molecule has 0 unspecified atom stereocenters. The minimum absolute atomic E-state index is 0.404. The summed E-state index contributed by atoms with van der Waals surface area (Å²) in [5.41, 5.74) is 9.94. The van der Waals surface area contributed by atoms with Crippen LogP contribution >= 0.6 is 0 Å². The third-order valence-corrected chi connectivity index (χ3v) is 3.09. The monoisotopic (exact) mass is 253 g/mol. The Bertz CT molecular complexity index is 717. The number of nitrogens with zero attached hydrogens (tertiary/aromatic N) is 2. The van der Waals surface area contributed by atoms with Gasteiger partial charge in [-0.25, -0.2) is 4.98 Å². The van der Waals surface area contributed by atoms with Crippen molar-refractivity contribution in [1.82, 2.24) is 9.97 Å². The van der Waals surface area contributed by atoms with Gasteiger partial charge in [-0.3, -0.25) is 4.98 Å². The van der Waals surface area contributed by atoms with Gasteiger partial charge < -0.3 is 10.2 Å². The number of pyridine rings is 1. The fraction of sp³-hybridized carbons (Fsp3) is 0.200. The van der Waals surface area contributed by atoms with Gasteiger partial charge in [0.1, 0.15) is 11.2 Å². The van der Waals surface area contributed by atoms with Crippen LogP contribution in [0.2, 0.25) is 0 Å². The zero-order valence-electron chi connectivity index (χ0n) is 10.9. The van der Waals surface area contributed by atoms with Crippen molar-refractivity contribution in [3.63, 3.8) is 0 Å². The molecule has 0 saturated carbocycles. The van der Waals surface area contributed by atoms with Gasteiger partial charge in [0.05, 0.1) is 5.69 Å². The lowest BCUT2D eigenvalue weighted by Gasteiger charge is -2.05. The van der Waals surface area contributed by atoms with E-state index in [1.807, 2.05) is 30.3 Å². The van der Waals surface area contributed by atoms with Gasteiger partial charge in [0.25, 0.3) is 0 Å². The molecule has 4 nitrogen and oxygen atoms in total. The third-order valence-electron chi connectivity index (χ3n) is 3.09. The summed E-state index contributed by atoms with van der Waals surface area (Å²) in [6, 6.07) is 9.59. The van der Waals surface area contributed by atoms with Gasteiger partial charge >= 0.3 is 0 Å². The Morgan fingerprint density at radius 3 is 2.74 bits per heavy atom. The predicted octanol–water partition coefficient (Wildman–Crippen LogP) is 3.60. The molecule has 4 heteroatoms. The molecule has 3 aromatic rings. The molecule has 2 N–H and O–H groups in total. The second kappa shape index (κ2) is 4.39. The summed E-state index contributed by atoms with van der Waals surface area (Å²) in [5, 5.41) is 0. The molecule has 0 fully saturated rings. The summed E-state index contributed by atoms with van der Waals surface area (Å²) in [6.07, 6.45) is 1.72. The minimum Gasteiger partial charge on any atom is -0.432 e. The number of nitrogens with two attached hydrogens (primary N) is 1. The Balaban J connectivity index is 2.18. The van der Waals surface area contributed by atoms with E-state index in [1.165, 1.54) is 0 Å². The number of oxazole rings is 1.